The predicted octanol–water partition coefficient (Wildman–Crippen LogP) is 1.78. The third kappa shape index (κ3) is 3.84. The van der Waals surface area contributed by atoms with Crippen LogP contribution >= 0.6 is 0 Å². The second kappa shape index (κ2) is 7.04. The summed E-state index contributed by atoms with van der Waals surface area (Å²) in [4.78, 5) is 23.7. The summed E-state index contributed by atoms with van der Waals surface area (Å²) in [6.07, 6.45) is 0.213. The van der Waals surface area contributed by atoms with Crippen molar-refractivity contribution in [2.45, 2.75) is 13.0 Å². The van der Waals surface area contributed by atoms with Crippen molar-refractivity contribution in [1.29, 1.82) is 0 Å². The number of methoxy groups -OCH3 is 1. The molecule has 2 aliphatic heterocycles. The third-order valence-electron chi connectivity index (χ3n) is 3.68. The van der Waals surface area contributed by atoms with Gasteiger partial charge in [0.15, 0.2) is 11.5 Å². The van der Waals surface area contributed by atoms with E-state index >= 15 is 0 Å². The Morgan fingerprint density at radius 1 is 0.917 bits per heavy atom. The van der Waals surface area contributed by atoms with Crippen molar-refractivity contribution >= 4 is 11.8 Å². The number of rotatable bonds is 1. The first-order chi connectivity index (χ1) is 11.6. The molecule has 24 heavy (non-hydrogen) atoms. The van der Waals surface area contributed by atoms with Gasteiger partial charge in [-0.1, -0.05) is 18.2 Å². The van der Waals surface area contributed by atoms with Crippen molar-refractivity contribution in [3.63, 3.8) is 0 Å². The molecule has 6 heteroatoms. The number of hydrogen-bond acceptors (Lipinski definition) is 4. The summed E-state index contributed by atoms with van der Waals surface area (Å²) in [6.45, 7) is 0.296. The van der Waals surface area contributed by atoms with Crippen LogP contribution in [0.2, 0.25) is 0 Å². The highest BCUT2D eigenvalue weighted by atomic mass is 16.5. The molecule has 2 aromatic rings. The van der Waals surface area contributed by atoms with Crippen molar-refractivity contribution in [3.05, 3.63) is 53.6 Å². The van der Waals surface area contributed by atoms with Crippen molar-refractivity contribution in [2.24, 2.45) is 0 Å². The number of carbonyl (C=O) groups is 2. The number of carbonyl (C=O) groups excluding carboxylic acids is 2. The third-order valence-corrected chi connectivity index (χ3v) is 3.68. The van der Waals surface area contributed by atoms with E-state index in [1.54, 1.807) is 25.3 Å². The van der Waals surface area contributed by atoms with E-state index in [-0.39, 0.29) is 24.8 Å². The van der Waals surface area contributed by atoms with E-state index < -0.39 is 0 Å². The molecular formula is C18H18N2O4. The fourth-order valence-corrected chi connectivity index (χ4v) is 2.40. The molecule has 2 aliphatic rings. The molecule has 0 aromatic heterocycles. The maximum absolute atomic E-state index is 11.9. The van der Waals surface area contributed by atoms with E-state index in [0.717, 1.165) is 11.1 Å². The molecule has 0 spiro atoms. The standard InChI is InChI=1S/C18H18N2O4/c1-23-15-7-4-13-8-16(15)24-14-5-2-12(3-6-14)9-17(21)20-11-18(22)19-10-13/h2-8H,9-11H2,1H3,(H,19,22)(H,20,21). The lowest BCUT2D eigenvalue weighted by atomic mass is 10.1. The maximum atomic E-state index is 11.9. The van der Waals surface area contributed by atoms with Crippen molar-refractivity contribution < 1.29 is 19.1 Å². The van der Waals surface area contributed by atoms with Crippen LogP contribution in [0.3, 0.4) is 0 Å². The number of nitrogens with one attached hydrogen (secondary N) is 2. The number of fused-ring (bicyclic) bond motifs is 8. The Kier molecular flexibility index (Phi) is 4.65. The molecule has 0 fully saturated rings. The molecule has 0 radical (unpaired) electrons. The molecule has 0 atom stereocenters. The zero-order valence-electron chi connectivity index (χ0n) is 13.3. The van der Waals surface area contributed by atoms with E-state index in [1.807, 2.05) is 24.3 Å². The number of benzene rings is 2. The zero-order chi connectivity index (χ0) is 16.9. The smallest absolute Gasteiger partial charge is 0.239 e. The molecule has 0 aliphatic carbocycles. The predicted molar refractivity (Wildman–Crippen MR) is 88.1 cm³/mol. The zero-order valence-corrected chi connectivity index (χ0v) is 13.3. The van der Waals surface area contributed by atoms with Gasteiger partial charge in [-0.05, 0) is 35.4 Å². The Hall–Kier alpha value is -3.02. The summed E-state index contributed by atoms with van der Waals surface area (Å²) in [7, 11) is 1.58. The highest BCUT2D eigenvalue weighted by Gasteiger charge is 2.11. The Labute approximate surface area is 139 Å². The molecule has 2 heterocycles. The Bertz CT molecular complexity index is 756. The Morgan fingerprint density at radius 2 is 1.62 bits per heavy atom. The SMILES string of the molecule is COc1ccc2cc1Oc1ccc(cc1)CC(=O)NCC(=O)NC2. The molecule has 124 valence electrons. The lowest BCUT2D eigenvalue weighted by molar-refractivity contribution is -0.125. The monoisotopic (exact) mass is 326 g/mol. The molecule has 4 rings (SSSR count). The van der Waals surface area contributed by atoms with Crippen LogP contribution in [0.15, 0.2) is 42.5 Å². The number of amides is 2. The van der Waals surface area contributed by atoms with Gasteiger partial charge < -0.3 is 20.1 Å². The lowest BCUT2D eigenvalue weighted by Crippen LogP contribution is -2.37. The first kappa shape index (κ1) is 15.9. The van der Waals surface area contributed by atoms with Gasteiger partial charge in [-0.2, -0.15) is 0 Å². The molecule has 0 saturated carbocycles. The van der Waals surface area contributed by atoms with Crippen molar-refractivity contribution in [3.8, 4) is 17.2 Å². The fourth-order valence-electron chi connectivity index (χ4n) is 2.40. The second-order valence-electron chi connectivity index (χ2n) is 5.46. The first-order valence-corrected chi connectivity index (χ1v) is 7.61. The number of ether oxygens (including phenoxy) is 2. The molecule has 4 bridgehead atoms. The first-order valence-electron chi connectivity index (χ1n) is 7.61. The summed E-state index contributed by atoms with van der Waals surface area (Å²) in [6, 6.07) is 12.7. The molecule has 0 unspecified atom stereocenters. The minimum absolute atomic E-state index is 0.0452. The second-order valence-corrected chi connectivity index (χ2v) is 5.46. The van der Waals surface area contributed by atoms with Gasteiger partial charge in [0.2, 0.25) is 11.8 Å². The maximum Gasteiger partial charge on any atom is 0.239 e. The molecule has 2 aromatic carbocycles. The average Bonchev–Trinajstić information content (AvgIpc) is 2.60. The topological polar surface area (TPSA) is 76.7 Å². The molecule has 6 nitrogen and oxygen atoms in total. The summed E-state index contributed by atoms with van der Waals surface area (Å²) >= 11 is 0. The van der Waals surface area contributed by atoms with Gasteiger partial charge in [0.25, 0.3) is 0 Å². The van der Waals surface area contributed by atoms with Crippen LogP contribution in [0.25, 0.3) is 0 Å². The van der Waals surface area contributed by atoms with E-state index in [2.05, 4.69) is 10.6 Å². The van der Waals surface area contributed by atoms with Crippen molar-refractivity contribution in [2.75, 3.05) is 13.7 Å². The average molecular weight is 326 g/mol. The lowest BCUT2D eigenvalue weighted by Gasteiger charge is -2.12. The minimum atomic E-state index is -0.244. The van der Waals surface area contributed by atoms with E-state index in [1.165, 1.54) is 0 Å². The van der Waals surface area contributed by atoms with E-state index in [0.29, 0.717) is 23.8 Å². The normalized spacial score (nSPS) is 14.7. The van der Waals surface area contributed by atoms with Gasteiger partial charge >= 0.3 is 0 Å². The number of hydrogen-bond donors (Lipinski definition) is 2. The van der Waals surface area contributed by atoms with Gasteiger partial charge in [-0.3, -0.25) is 9.59 Å². The summed E-state index contributed by atoms with van der Waals surface area (Å²) in [5.41, 5.74) is 1.72. The fraction of sp³-hybridized carbons (Fsp3) is 0.222. The minimum Gasteiger partial charge on any atom is -0.493 e. The van der Waals surface area contributed by atoms with Crippen molar-refractivity contribution in [1.82, 2.24) is 10.6 Å². The van der Waals surface area contributed by atoms with E-state index in [9.17, 15) is 9.59 Å². The van der Waals surface area contributed by atoms with Gasteiger partial charge in [0, 0.05) is 6.54 Å². The molecule has 0 saturated heterocycles. The van der Waals surface area contributed by atoms with Crippen LogP contribution in [-0.4, -0.2) is 25.5 Å². The van der Waals surface area contributed by atoms with Crippen LogP contribution < -0.4 is 20.1 Å². The van der Waals surface area contributed by atoms with Crippen LogP contribution in [0, 0.1) is 0 Å². The van der Waals surface area contributed by atoms with E-state index in [4.69, 9.17) is 9.47 Å². The summed E-state index contributed by atoms with van der Waals surface area (Å²) in [5, 5.41) is 5.37. The highest BCUT2D eigenvalue weighted by molar-refractivity contribution is 5.85. The van der Waals surface area contributed by atoms with Gasteiger partial charge in [-0.15, -0.1) is 0 Å². The van der Waals surface area contributed by atoms with Crippen LogP contribution in [0.4, 0.5) is 0 Å². The molecule has 2 N–H and O–H groups in total. The quantitative estimate of drug-likeness (QED) is 0.837. The van der Waals surface area contributed by atoms with Crippen LogP contribution in [-0.2, 0) is 22.6 Å². The summed E-state index contributed by atoms with van der Waals surface area (Å²) < 4.78 is 11.2. The van der Waals surface area contributed by atoms with Crippen LogP contribution in [0.5, 0.6) is 17.2 Å². The summed E-state index contributed by atoms with van der Waals surface area (Å²) in [5.74, 6) is 1.38. The van der Waals surface area contributed by atoms with Gasteiger partial charge in [-0.25, -0.2) is 0 Å². The van der Waals surface area contributed by atoms with Gasteiger partial charge in [0.05, 0.1) is 20.1 Å². The molecular weight excluding hydrogens is 308 g/mol. The molecule has 2 amide bonds. The van der Waals surface area contributed by atoms with Gasteiger partial charge in [0.1, 0.15) is 5.75 Å². The van der Waals surface area contributed by atoms with Crippen LogP contribution in [0.1, 0.15) is 11.1 Å². The Balaban J connectivity index is 1.94. The largest absolute Gasteiger partial charge is 0.493 e. The highest BCUT2D eigenvalue weighted by Crippen LogP contribution is 2.32. The Morgan fingerprint density at radius 3 is 2.38 bits per heavy atom.